The minimum Gasteiger partial charge on any atom is -0.374 e. The molecule has 0 aromatic carbocycles. The Bertz CT molecular complexity index is 417. The molecular weight excluding hydrogens is 310 g/mol. The second kappa shape index (κ2) is 7.02. The standard InChI is InChI=1S/C12H20BrN5O/c1-3-18-4-5-19-9(8-18)6-15-11-10(13)7-16-12(14-2)17-11/h7,9H,3-6,8H2,1-2H3,(H2,14,15,16,17). The van der Waals surface area contributed by atoms with Gasteiger partial charge in [0.1, 0.15) is 5.82 Å². The third-order valence-corrected chi connectivity index (χ3v) is 3.72. The van der Waals surface area contributed by atoms with Crippen molar-refractivity contribution in [2.45, 2.75) is 13.0 Å². The lowest BCUT2D eigenvalue weighted by atomic mass is 10.2. The molecule has 2 N–H and O–H groups in total. The Balaban J connectivity index is 1.91. The predicted molar refractivity (Wildman–Crippen MR) is 79.6 cm³/mol. The van der Waals surface area contributed by atoms with Crippen molar-refractivity contribution in [1.82, 2.24) is 14.9 Å². The molecule has 1 aromatic rings. The van der Waals surface area contributed by atoms with Crippen LogP contribution in [0.4, 0.5) is 11.8 Å². The quantitative estimate of drug-likeness (QED) is 0.851. The Hall–Kier alpha value is -0.920. The molecule has 1 aromatic heterocycles. The maximum absolute atomic E-state index is 5.75. The summed E-state index contributed by atoms with van der Waals surface area (Å²) in [6.45, 7) is 6.78. The molecule has 1 aliphatic rings. The van der Waals surface area contributed by atoms with Gasteiger partial charge < -0.3 is 15.4 Å². The van der Waals surface area contributed by atoms with E-state index in [1.807, 2.05) is 0 Å². The molecule has 1 unspecified atom stereocenters. The van der Waals surface area contributed by atoms with Gasteiger partial charge in [0.2, 0.25) is 5.95 Å². The van der Waals surface area contributed by atoms with Crippen LogP contribution < -0.4 is 10.6 Å². The fourth-order valence-electron chi connectivity index (χ4n) is 2.01. The van der Waals surface area contributed by atoms with E-state index in [1.54, 1.807) is 13.2 Å². The monoisotopic (exact) mass is 329 g/mol. The maximum Gasteiger partial charge on any atom is 0.224 e. The Morgan fingerprint density at radius 1 is 1.58 bits per heavy atom. The molecule has 2 heterocycles. The molecule has 0 amide bonds. The van der Waals surface area contributed by atoms with Gasteiger partial charge in [-0.25, -0.2) is 4.98 Å². The number of likely N-dealkylation sites (N-methyl/N-ethyl adjacent to an activating group) is 1. The zero-order chi connectivity index (χ0) is 13.7. The normalized spacial score (nSPS) is 20.3. The molecule has 2 rings (SSSR count). The summed E-state index contributed by atoms with van der Waals surface area (Å²) in [6.07, 6.45) is 1.94. The Kier molecular flexibility index (Phi) is 5.35. The fourth-order valence-corrected chi connectivity index (χ4v) is 2.34. The Morgan fingerprint density at radius 3 is 3.16 bits per heavy atom. The molecule has 106 valence electrons. The van der Waals surface area contributed by atoms with Crippen molar-refractivity contribution in [2.75, 3.05) is 50.5 Å². The highest BCUT2D eigenvalue weighted by molar-refractivity contribution is 9.10. The zero-order valence-corrected chi connectivity index (χ0v) is 12.9. The van der Waals surface area contributed by atoms with Crippen molar-refractivity contribution in [3.63, 3.8) is 0 Å². The van der Waals surface area contributed by atoms with Gasteiger partial charge in [0.05, 0.1) is 17.2 Å². The molecule has 6 nitrogen and oxygen atoms in total. The predicted octanol–water partition coefficient (Wildman–Crippen LogP) is 1.41. The van der Waals surface area contributed by atoms with Gasteiger partial charge in [-0.2, -0.15) is 4.98 Å². The number of nitrogens with one attached hydrogen (secondary N) is 2. The zero-order valence-electron chi connectivity index (χ0n) is 11.3. The molecular formula is C12H20BrN5O. The van der Waals surface area contributed by atoms with Crippen molar-refractivity contribution in [3.8, 4) is 0 Å². The van der Waals surface area contributed by atoms with E-state index in [9.17, 15) is 0 Å². The lowest BCUT2D eigenvalue weighted by molar-refractivity contribution is -0.0192. The SMILES string of the molecule is CCN1CCOC(CNc2nc(NC)ncc2Br)C1. The Morgan fingerprint density at radius 2 is 2.42 bits per heavy atom. The van der Waals surface area contributed by atoms with Crippen molar-refractivity contribution >= 4 is 27.7 Å². The molecule has 1 saturated heterocycles. The van der Waals surface area contributed by atoms with Crippen molar-refractivity contribution in [1.29, 1.82) is 0 Å². The second-order valence-electron chi connectivity index (χ2n) is 4.41. The number of rotatable bonds is 5. The highest BCUT2D eigenvalue weighted by Gasteiger charge is 2.19. The lowest BCUT2D eigenvalue weighted by Gasteiger charge is -2.32. The number of anilines is 2. The summed E-state index contributed by atoms with van der Waals surface area (Å²) in [6, 6.07) is 0. The van der Waals surface area contributed by atoms with Crippen LogP contribution >= 0.6 is 15.9 Å². The van der Waals surface area contributed by atoms with E-state index >= 15 is 0 Å². The molecule has 0 spiro atoms. The molecule has 0 radical (unpaired) electrons. The third kappa shape index (κ3) is 4.02. The van der Waals surface area contributed by atoms with Crippen LogP contribution in [0.2, 0.25) is 0 Å². The van der Waals surface area contributed by atoms with Crippen LogP contribution in [0.15, 0.2) is 10.7 Å². The number of hydrogen-bond donors (Lipinski definition) is 2. The molecule has 1 atom stereocenters. The third-order valence-electron chi connectivity index (χ3n) is 3.14. The summed E-state index contributed by atoms with van der Waals surface area (Å²) < 4.78 is 6.61. The van der Waals surface area contributed by atoms with E-state index in [2.05, 4.69) is 48.4 Å². The largest absolute Gasteiger partial charge is 0.374 e. The molecule has 0 saturated carbocycles. The van der Waals surface area contributed by atoms with Gasteiger partial charge in [0, 0.05) is 32.9 Å². The van der Waals surface area contributed by atoms with Gasteiger partial charge in [-0.05, 0) is 22.5 Å². The van der Waals surface area contributed by atoms with Gasteiger partial charge in [-0.15, -0.1) is 0 Å². The second-order valence-corrected chi connectivity index (χ2v) is 5.26. The number of nitrogens with zero attached hydrogens (tertiary/aromatic N) is 3. The summed E-state index contributed by atoms with van der Waals surface area (Å²) in [5.41, 5.74) is 0. The molecule has 7 heteroatoms. The average Bonchev–Trinajstić information content (AvgIpc) is 2.46. The van der Waals surface area contributed by atoms with Crippen LogP contribution in [0.3, 0.4) is 0 Å². The smallest absolute Gasteiger partial charge is 0.224 e. The summed E-state index contributed by atoms with van der Waals surface area (Å²) in [7, 11) is 1.80. The minimum absolute atomic E-state index is 0.202. The maximum atomic E-state index is 5.75. The average molecular weight is 330 g/mol. The minimum atomic E-state index is 0.202. The van der Waals surface area contributed by atoms with E-state index in [-0.39, 0.29) is 6.10 Å². The molecule has 0 bridgehead atoms. The van der Waals surface area contributed by atoms with Gasteiger partial charge in [0.15, 0.2) is 0 Å². The van der Waals surface area contributed by atoms with Crippen molar-refractivity contribution in [3.05, 3.63) is 10.7 Å². The highest BCUT2D eigenvalue weighted by Crippen LogP contribution is 2.20. The molecule has 0 aliphatic carbocycles. The lowest BCUT2D eigenvalue weighted by Crippen LogP contribution is -2.45. The van der Waals surface area contributed by atoms with E-state index in [0.717, 1.165) is 43.1 Å². The van der Waals surface area contributed by atoms with Gasteiger partial charge in [-0.3, -0.25) is 4.90 Å². The first kappa shape index (κ1) is 14.5. The van der Waals surface area contributed by atoms with Crippen LogP contribution in [-0.2, 0) is 4.74 Å². The molecule has 19 heavy (non-hydrogen) atoms. The first-order valence-electron chi connectivity index (χ1n) is 6.51. The van der Waals surface area contributed by atoms with E-state index in [1.165, 1.54) is 0 Å². The number of halogens is 1. The van der Waals surface area contributed by atoms with E-state index in [0.29, 0.717) is 5.95 Å². The van der Waals surface area contributed by atoms with Crippen LogP contribution in [0.1, 0.15) is 6.92 Å². The fraction of sp³-hybridized carbons (Fsp3) is 0.667. The van der Waals surface area contributed by atoms with Crippen LogP contribution in [-0.4, -0.2) is 60.8 Å². The van der Waals surface area contributed by atoms with E-state index < -0.39 is 0 Å². The summed E-state index contributed by atoms with van der Waals surface area (Å²) >= 11 is 3.44. The Labute approximate surface area is 122 Å². The van der Waals surface area contributed by atoms with Crippen LogP contribution in [0.25, 0.3) is 0 Å². The summed E-state index contributed by atoms with van der Waals surface area (Å²) in [4.78, 5) is 10.9. The van der Waals surface area contributed by atoms with Crippen LogP contribution in [0, 0.1) is 0 Å². The first-order chi connectivity index (χ1) is 9.22. The first-order valence-corrected chi connectivity index (χ1v) is 7.30. The van der Waals surface area contributed by atoms with Crippen molar-refractivity contribution < 1.29 is 4.74 Å². The number of morpholine rings is 1. The molecule has 1 aliphatic heterocycles. The van der Waals surface area contributed by atoms with E-state index in [4.69, 9.17) is 4.74 Å². The summed E-state index contributed by atoms with van der Waals surface area (Å²) in [5.74, 6) is 1.39. The number of ether oxygens (including phenoxy) is 1. The van der Waals surface area contributed by atoms with Gasteiger partial charge >= 0.3 is 0 Å². The molecule has 1 fully saturated rings. The summed E-state index contributed by atoms with van der Waals surface area (Å²) in [5, 5.41) is 6.24. The number of aromatic nitrogens is 2. The van der Waals surface area contributed by atoms with Crippen LogP contribution in [0.5, 0.6) is 0 Å². The highest BCUT2D eigenvalue weighted by atomic mass is 79.9. The topological polar surface area (TPSA) is 62.3 Å². The number of hydrogen-bond acceptors (Lipinski definition) is 6. The van der Waals surface area contributed by atoms with Crippen molar-refractivity contribution in [2.24, 2.45) is 0 Å². The van der Waals surface area contributed by atoms with Gasteiger partial charge in [-0.1, -0.05) is 6.92 Å². The van der Waals surface area contributed by atoms with Gasteiger partial charge in [0.25, 0.3) is 0 Å².